The first-order chi connectivity index (χ1) is 12.6. The Labute approximate surface area is 182 Å². The van der Waals surface area contributed by atoms with E-state index in [-0.39, 0.29) is 29.9 Å². The van der Waals surface area contributed by atoms with Crippen LogP contribution in [0.1, 0.15) is 28.4 Å². The Morgan fingerprint density at radius 3 is 2.67 bits per heavy atom. The number of aliphatic imine (C=N–C) groups is 1. The molecular weight excluding hydrogens is 477 g/mol. The molecule has 0 saturated heterocycles. The number of carbonyl (C=O) groups is 1. The summed E-state index contributed by atoms with van der Waals surface area (Å²) in [5.74, 6) is 0.636. The van der Waals surface area contributed by atoms with Crippen molar-refractivity contribution in [2.45, 2.75) is 19.9 Å². The molecule has 0 radical (unpaired) electrons. The highest BCUT2D eigenvalue weighted by atomic mass is 127. The Bertz CT molecular complexity index is 752. The van der Waals surface area contributed by atoms with E-state index < -0.39 is 0 Å². The molecule has 1 aromatic carbocycles. The van der Waals surface area contributed by atoms with E-state index >= 15 is 0 Å². The van der Waals surface area contributed by atoms with Gasteiger partial charge in [0.15, 0.2) is 5.96 Å². The quantitative estimate of drug-likeness (QED) is 0.236. The summed E-state index contributed by atoms with van der Waals surface area (Å²) < 4.78 is 0. The third-order valence-corrected chi connectivity index (χ3v) is 3.90. The molecule has 0 aliphatic rings. The van der Waals surface area contributed by atoms with E-state index in [2.05, 4.69) is 25.9 Å². The fraction of sp³-hybridized carbons (Fsp3) is 0.316. The number of carbonyl (C=O) groups excluding carboxylic acids is 1. The molecule has 0 fully saturated rings. The summed E-state index contributed by atoms with van der Waals surface area (Å²) in [5, 5.41) is 9.64. The Morgan fingerprint density at radius 1 is 1.19 bits per heavy atom. The first-order valence-electron chi connectivity index (χ1n) is 8.56. The van der Waals surface area contributed by atoms with Crippen LogP contribution in [0.15, 0.2) is 47.6 Å². The van der Waals surface area contributed by atoms with E-state index in [0.717, 1.165) is 36.6 Å². The number of aromatic nitrogens is 1. The largest absolute Gasteiger partial charge is 0.357 e. The molecule has 146 valence electrons. The van der Waals surface area contributed by atoms with Crippen LogP contribution in [0.3, 0.4) is 0 Å². The van der Waals surface area contributed by atoms with E-state index in [1.807, 2.05) is 31.2 Å². The van der Waals surface area contributed by atoms with Gasteiger partial charge in [-0.15, -0.1) is 24.0 Å². The van der Waals surface area contributed by atoms with Crippen LogP contribution < -0.4 is 16.0 Å². The van der Waals surface area contributed by atoms with Crippen molar-refractivity contribution in [1.82, 2.24) is 20.9 Å². The van der Waals surface area contributed by atoms with E-state index in [0.29, 0.717) is 17.3 Å². The maximum Gasteiger partial charge on any atom is 0.251 e. The van der Waals surface area contributed by atoms with E-state index in [4.69, 9.17) is 11.6 Å². The lowest BCUT2D eigenvalue weighted by Gasteiger charge is -2.11. The van der Waals surface area contributed by atoms with Gasteiger partial charge in [0, 0.05) is 31.9 Å². The van der Waals surface area contributed by atoms with E-state index in [1.165, 1.54) is 0 Å². The third-order valence-electron chi connectivity index (χ3n) is 3.67. The molecule has 0 atom stereocenters. The highest BCUT2D eigenvalue weighted by Crippen LogP contribution is 2.07. The van der Waals surface area contributed by atoms with Crippen LogP contribution in [0, 0.1) is 0 Å². The van der Waals surface area contributed by atoms with Gasteiger partial charge in [-0.3, -0.25) is 4.79 Å². The summed E-state index contributed by atoms with van der Waals surface area (Å²) in [4.78, 5) is 20.4. The molecule has 1 heterocycles. The summed E-state index contributed by atoms with van der Waals surface area (Å²) >= 11 is 5.80. The number of pyridine rings is 1. The van der Waals surface area contributed by atoms with Crippen molar-refractivity contribution in [3.05, 3.63) is 64.4 Å². The molecule has 0 saturated carbocycles. The number of halogens is 2. The molecule has 0 unspecified atom stereocenters. The molecule has 0 spiro atoms. The molecule has 27 heavy (non-hydrogen) atoms. The zero-order chi connectivity index (χ0) is 18.8. The molecule has 1 aromatic heterocycles. The molecule has 0 aliphatic heterocycles. The number of rotatable bonds is 7. The van der Waals surface area contributed by atoms with Crippen LogP contribution in [0.2, 0.25) is 5.15 Å². The Morgan fingerprint density at radius 2 is 2.00 bits per heavy atom. The van der Waals surface area contributed by atoms with Crippen molar-refractivity contribution in [2.24, 2.45) is 4.99 Å². The van der Waals surface area contributed by atoms with Gasteiger partial charge in [0.25, 0.3) is 5.91 Å². The summed E-state index contributed by atoms with van der Waals surface area (Å²) in [6.45, 7) is 4.01. The molecule has 0 bridgehead atoms. The number of hydrogen-bond donors (Lipinski definition) is 3. The zero-order valence-electron chi connectivity index (χ0n) is 15.5. The number of benzene rings is 1. The van der Waals surface area contributed by atoms with Crippen molar-refractivity contribution in [1.29, 1.82) is 0 Å². The van der Waals surface area contributed by atoms with Crippen molar-refractivity contribution in [3.8, 4) is 0 Å². The van der Waals surface area contributed by atoms with Crippen LogP contribution in [0.4, 0.5) is 0 Å². The average molecular weight is 502 g/mol. The number of nitrogens with one attached hydrogen (secondary N) is 3. The second-order valence-corrected chi connectivity index (χ2v) is 6.03. The lowest BCUT2D eigenvalue weighted by molar-refractivity contribution is 0.0963. The molecule has 6 nitrogen and oxygen atoms in total. The highest BCUT2D eigenvalue weighted by Gasteiger charge is 2.04. The predicted molar refractivity (Wildman–Crippen MR) is 121 cm³/mol. The molecule has 2 rings (SSSR count). The maximum atomic E-state index is 11.7. The minimum atomic E-state index is -0.0996. The fourth-order valence-electron chi connectivity index (χ4n) is 2.35. The van der Waals surface area contributed by atoms with E-state index in [1.54, 1.807) is 25.4 Å². The third kappa shape index (κ3) is 8.13. The second-order valence-electron chi connectivity index (χ2n) is 5.64. The standard InChI is InChI=1S/C19H24ClN5O.HI/c1-3-22-19(23-10-9-14-7-8-17(20)24-12-14)25-13-15-5-4-6-16(11-15)18(26)21-2;/h4-8,11-12H,3,9-10,13H2,1-2H3,(H,21,26)(H2,22,23,25);1H. The Balaban J connectivity index is 0.00000364. The molecule has 0 aliphatic carbocycles. The van der Waals surface area contributed by atoms with Gasteiger partial charge in [-0.05, 0) is 42.7 Å². The highest BCUT2D eigenvalue weighted by molar-refractivity contribution is 14.0. The van der Waals surface area contributed by atoms with Crippen LogP contribution >= 0.6 is 35.6 Å². The second kappa shape index (κ2) is 12.5. The molecular formula is C19H25ClIN5O. The minimum absolute atomic E-state index is 0. The number of hydrogen-bond acceptors (Lipinski definition) is 3. The van der Waals surface area contributed by atoms with Crippen molar-refractivity contribution >= 4 is 47.4 Å². The van der Waals surface area contributed by atoms with Crippen molar-refractivity contribution in [2.75, 3.05) is 20.1 Å². The first-order valence-corrected chi connectivity index (χ1v) is 8.93. The minimum Gasteiger partial charge on any atom is -0.357 e. The zero-order valence-corrected chi connectivity index (χ0v) is 18.5. The van der Waals surface area contributed by atoms with Gasteiger partial charge >= 0.3 is 0 Å². The van der Waals surface area contributed by atoms with Crippen molar-refractivity contribution in [3.63, 3.8) is 0 Å². The van der Waals surface area contributed by atoms with Crippen LogP contribution in [0.25, 0.3) is 0 Å². The van der Waals surface area contributed by atoms with Gasteiger partial charge in [-0.2, -0.15) is 0 Å². The number of amides is 1. The summed E-state index contributed by atoms with van der Waals surface area (Å²) in [5.41, 5.74) is 2.72. The smallest absolute Gasteiger partial charge is 0.251 e. The summed E-state index contributed by atoms with van der Waals surface area (Å²) in [7, 11) is 1.62. The van der Waals surface area contributed by atoms with Gasteiger partial charge in [0.2, 0.25) is 0 Å². The molecule has 3 N–H and O–H groups in total. The average Bonchev–Trinajstić information content (AvgIpc) is 2.67. The van der Waals surface area contributed by atoms with E-state index in [9.17, 15) is 4.79 Å². The van der Waals surface area contributed by atoms with Crippen molar-refractivity contribution < 1.29 is 4.79 Å². The summed E-state index contributed by atoms with van der Waals surface area (Å²) in [6.07, 6.45) is 2.60. The molecule has 8 heteroatoms. The fourth-order valence-corrected chi connectivity index (χ4v) is 2.46. The summed E-state index contributed by atoms with van der Waals surface area (Å²) in [6, 6.07) is 11.2. The monoisotopic (exact) mass is 501 g/mol. The predicted octanol–water partition coefficient (Wildman–Crippen LogP) is 3.01. The van der Waals surface area contributed by atoms with Gasteiger partial charge in [0.05, 0.1) is 6.54 Å². The van der Waals surface area contributed by atoms with Gasteiger partial charge in [0.1, 0.15) is 5.15 Å². The Kier molecular flexibility index (Phi) is 10.7. The van der Waals surface area contributed by atoms with Gasteiger partial charge < -0.3 is 16.0 Å². The number of nitrogens with zero attached hydrogens (tertiary/aromatic N) is 2. The SMILES string of the molecule is CCNC(=NCc1cccc(C(=O)NC)c1)NCCc1ccc(Cl)nc1.I. The topological polar surface area (TPSA) is 78.4 Å². The van der Waals surface area contributed by atoms with Gasteiger partial charge in [-0.1, -0.05) is 29.8 Å². The number of guanidine groups is 1. The van der Waals surface area contributed by atoms with Crippen LogP contribution in [-0.4, -0.2) is 37.0 Å². The maximum absolute atomic E-state index is 11.7. The normalized spacial score (nSPS) is 10.7. The first kappa shape index (κ1) is 23.2. The van der Waals surface area contributed by atoms with Gasteiger partial charge in [-0.25, -0.2) is 9.98 Å². The lowest BCUT2D eigenvalue weighted by atomic mass is 10.1. The molecule has 2 aromatic rings. The van der Waals surface area contributed by atoms with Crippen LogP contribution in [-0.2, 0) is 13.0 Å². The lowest BCUT2D eigenvalue weighted by Crippen LogP contribution is -2.38. The van der Waals surface area contributed by atoms with Crippen LogP contribution in [0.5, 0.6) is 0 Å². The Hall–Kier alpha value is -1.87. The molecule has 1 amide bonds.